The van der Waals surface area contributed by atoms with Crippen LogP contribution in [0.4, 0.5) is 5.69 Å². The average Bonchev–Trinajstić information content (AvgIpc) is 3.10. The van der Waals surface area contributed by atoms with Crippen molar-refractivity contribution in [2.24, 2.45) is 0 Å². The Morgan fingerprint density at radius 2 is 1.64 bits per heavy atom. The molecule has 4 nitrogen and oxygen atoms in total. The summed E-state index contributed by atoms with van der Waals surface area (Å²) in [5, 5.41) is 6.31. The molecule has 0 bridgehead atoms. The Kier molecular flexibility index (Phi) is 6.30. The third-order valence-electron chi connectivity index (χ3n) is 4.09. The van der Waals surface area contributed by atoms with Gasteiger partial charge in [0.05, 0.1) is 15.7 Å². The zero-order valence-electron chi connectivity index (χ0n) is 14.9. The van der Waals surface area contributed by atoms with Gasteiger partial charge in [-0.05, 0) is 67.5 Å². The molecule has 0 aliphatic rings. The predicted octanol–water partition coefficient (Wildman–Crippen LogP) is 6.65. The van der Waals surface area contributed by atoms with E-state index in [0.717, 1.165) is 11.1 Å². The van der Waals surface area contributed by atoms with Crippen LogP contribution in [0.5, 0.6) is 0 Å². The van der Waals surface area contributed by atoms with Crippen molar-refractivity contribution in [3.05, 3.63) is 74.4 Å². The SMILES string of the molecule is Cc1ccc(-c2ccc(C(=O)NC(=S)Nc3c(Cl)cc(Cl)cc3Cl)o2)cc1C. The minimum absolute atomic E-state index is 0.0280. The van der Waals surface area contributed by atoms with Crippen LogP contribution in [0, 0.1) is 13.8 Å². The van der Waals surface area contributed by atoms with Crippen molar-refractivity contribution in [2.45, 2.75) is 13.8 Å². The van der Waals surface area contributed by atoms with E-state index in [2.05, 4.69) is 10.6 Å². The molecule has 0 radical (unpaired) electrons. The summed E-state index contributed by atoms with van der Waals surface area (Å²) >= 11 is 23.3. The Labute approximate surface area is 182 Å². The van der Waals surface area contributed by atoms with Crippen LogP contribution in [0.25, 0.3) is 11.3 Å². The van der Waals surface area contributed by atoms with Crippen LogP contribution in [-0.4, -0.2) is 11.0 Å². The van der Waals surface area contributed by atoms with Crippen LogP contribution >= 0.6 is 47.0 Å². The predicted molar refractivity (Wildman–Crippen MR) is 119 cm³/mol. The van der Waals surface area contributed by atoms with Crippen LogP contribution in [0.2, 0.25) is 15.1 Å². The van der Waals surface area contributed by atoms with Gasteiger partial charge in [0.2, 0.25) is 0 Å². The van der Waals surface area contributed by atoms with Crippen molar-refractivity contribution in [3.8, 4) is 11.3 Å². The lowest BCUT2D eigenvalue weighted by Gasteiger charge is -2.12. The molecule has 2 aromatic carbocycles. The molecule has 0 spiro atoms. The van der Waals surface area contributed by atoms with Gasteiger partial charge in [-0.3, -0.25) is 10.1 Å². The second-order valence-corrected chi connectivity index (χ2v) is 7.77. The van der Waals surface area contributed by atoms with Gasteiger partial charge in [0.15, 0.2) is 10.9 Å². The number of halogens is 3. The molecule has 0 atom stereocenters. The third-order valence-corrected chi connectivity index (χ3v) is 5.11. The molecule has 1 amide bonds. The van der Waals surface area contributed by atoms with Gasteiger partial charge >= 0.3 is 0 Å². The smallest absolute Gasteiger partial charge is 0.293 e. The van der Waals surface area contributed by atoms with E-state index in [9.17, 15) is 4.79 Å². The lowest BCUT2D eigenvalue weighted by atomic mass is 10.1. The molecule has 3 rings (SSSR count). The summed E-state index contributed by atoms with van der Waals surface area (Å²) < 4.78 is 5.67. The Morgan fingerprint density at radius 1 is 0.964 bits per heavy atom. The quantitative estimate of drug-likeness (QED) is 0.436. The van der Waals surface area contributed by atoms with E-state index in [1.807, 2.05) is 32.0 Å². The highest BCUT2D eigenvalue weighted by atomic mass is 35.5. The van der Waals surface area contributed by atoms with Gasteiger partial charge in [-0.2, -0.15) is 0 Å². The molecule has 0 aliphatic carbocycles. The number of furan rings is 1. The maximum Gasteiger partial charge on any atom is 0.293 e. The first-order chi connectivity index (χ1) is 13.2. The van der Waals surface area contributed by atoms with E-state index in [1.54, 1.807) is 12.1 Å². The Hall–Kier alpha value is -2.05. The highest BCUT2D eigenvalue weighted by Crippen LogP contribution is 2.33. The second kappa shape index (κ2) is 8.53. The highest BCUT2D eigenvalue weighted by Gasteiger charge is 2.16. The fourth-order valence-electron chi connectivity index (χ4n) is 2.48. The van der Waals surface area contributed by atoms with Crippen molar-refractivity contribution >= 4 is 63.7 Å². The maximum absolute atomic E-state index is 12.4. The molecule has 1 aromatic heterocycles. The maximum atomic E-state index is 12.4. The van der Waals surface area contributed by atoms with Crippen molar-refractivity contribution in [2.75, 3.05) is 5.32 Å². The number of amides is 1. The molecule has 0 saturated carbocycles. The van der Waals surface area contributed by atoms with E-state index >= 15 is 0 Å². The molecule has 0 saturated heterocycles. The molecule has 0 fully saturated rings. The molecular weight excluding hydrogens is 439 g/mol. The summed E-state index contributed by atoms with van der Waals surface area (Å²) in [7, 11) is 0. The summed E-state index contributed by atoms with van der Waals surface area (Å²) in [5.74, 6) is 0.232. The number of aryl methyl sites for hydroxylation is 2. The summed E-state index contributed by atoms with van der Waals surface area (Å²) in [6.07, 6.45) is 0. The van der Waals surface area contributed by atoms with Gasteiger partial charge in [0.1, 0.15) is 5.76 Å². The largest absolute Gasteiger partial charge is 0.451 e. The van der Waals surface area contributed by atoms with Gasteiger partial charge in [-0.25, -0.2) is 0 Å². The summed E-state index contributed by atoms with van der Waals surface area (Å²) in [4.78, 5) is 12.4. The number of benzene rings is 2. The first-order valence-electron chi connectivity index (χ1n) is 8.19. The van der Waals surface area contributed by atoms with E-state index in [0.29, 0.717) is 16.5 Å². The average molecular weight is 454 g/mol. The molecular formula is C20H15Cl3N2O2S. The monoisotopic (exact) mass is 452 g/mol. The molecule has 28 heavy (non-hydrogen) atoms. The molecule has 144 valence electrons. The van der Waals surface area contributed by atoms with Gasteiger partial charge in [0.25, 0.3) is 5.91 Å². The third kappa shape index (κ3) is 4.67. The molecule has 8 heteroatoms. The van der Waals surface area contributed by atoms with Crippen molar-refractivity contribution in [1.29, 1.82) is 0 Å². The summed E-state index contributed by atoms with van der Waals surface area (Å²) in [6, 6.07) is 12.3. The number of anilines is 1. The molecule has 0 unspecified atom stereocenters. The van der Waals surface area contributed by atoms with Crippen LogP contribution in [0.1, 0.15) is 21.7 Å². The number of hydrogen-bond donors (Lipinski definition) is 2. The first kappa shape index (κ1) is 20.7. The molecule has 3 aromatic rings. The van der Waals surface area contributed by atoms with Crippen LogP contribution < -0.4 is 10.6 Å². The van der Waals surface area contributed by atoms with E-state index in [1.165, 1.54) is 17.7 Å². The number of rotatable bonds is 3. The highest BCUT2D eigenvalue weighted by molar-refractivity contribution is 7.80. The number of thiocarbonyl (C=S) groups is 1. The standard InChI is InChI=1S/C20H15Cl3N2O2S/c1-10-3-4-12(7-11(10)2)16-5-6-17(27-16)19(26)25-20(28)24-18-14(22)8-13(21)9-15(18)23/h3-9H,1-2H3,(H2,24,25,26,28). The fraction of sp³-hybridized carbons (Fsp3) is 0.100. The summed E-state index contributed by atoms with van der Waals surface area (Å²) in [5.41, 5.74) is 3.57. The minimum atomic E-state index is -0.492. The van der Waals surface area contributed by atoms with Crippen molar-refractivity contribution < 1.29 is 9.21 Å². The second-order valence-electron chi connectivity index (χ2n) is 6.12. The Balaban J connectivity index is 1.71. The first-order valence-corrected chi connectivity index (χ1v) is 9.73. The molecule has 1 heterocycles. The van der Waals surface area contributed by atoms with E-state index in [4.69, 9.17) is 51.4 Å². The Morgan fingerprint density at radius 3 is 2.29 bits per heavy atom. The normalized spacial score (nSPS) is 10.6. The van der Waals surface area contributed by atoms with Gasteiger partial charge in [0, 0.05) is 10.6 Å². The lowest BCUT2D eigenvalue weighted by Crippen LogP contribution is -2.34. The summed E-state index contributed by atoms with van der Waals surface area (Å²) in [6.45, 7) is 4.06. The van der Waals surface area contributed by atoms with Crippen LogP contribution in [0.15, 0.2) is 46.9 Å². The lowest BCUT2D eigenvalue weighted by molar-refractivity contribution is 0.0951. The molecule has 0 aliphatic heterocycles. The minimum Gasteiger partial charge on any atom is -0.451 e. The zero-order valence-corrected chi connectivity index (χ0v) is 18.0. The van der Waals surface area contributed by atoms with E-state index < -0.39 is 5.91 Å². The number of nitrogens with one attached hydrogen (secondary N) is 2. The molecule has 2 N–H and O–H groups in total. The number of carbonyl (C=O) groups excluding carboxylic acids is 1. The van der Waals surface area contributed by atoms with Crippen molar-refractivity contribution in [1.82, 2.24) is 5.32 Å². The van der Waals surface area contributed by atoms with Crippen LogP contribution in [-0.2, 0) is 0 Å². The Bertz CT molecular complexity index is 1060. The number of hydrogen-bond acceptors (Lipinski definition) is 3. The zero-order chi connectivity index (χ0) is 20.4. The van der Waals surface area contributed by atoms with E-state index in [-0.39, 0.29) is 20.9 Å². The van der Waals surface area contributed by atoms with Crippen LogP contribution in [0.3, 0.4) is 0 Å². The van der Waals surface area contributed by atoms with Gasteiger partial charge in [-0.1, -0.05) is 46.9 Å². The topological polar surface area (TPSA) is 54.3 Å². The van der Waals surface area contributed by atoms with Crippen molar-refractivity contribution in [3.63, 3.8) is 0 Å². The van der Waals surface area contributed by atoms with Gasteiger partial charge < -0.3 is 9.73 Å². The van der Waals surface area contributed by atoms with Gasteiger partial charge in [-0.15, -0.1) is 0 Å². The fourth-order valence-corrected chi connectivity index (χ4v) is 3.59. The number of carbonyl (C=O) groups is 1.